The SMILES string of the molecule is CCCc1nc(Cc2ccccc2)sc1C(=O)NN. The second-order valence-electron chi connectivity index (χ2n) is 4.27. The fourth-order valence-corrected chi connectivity index (χ4v) is 2.94. The molecule has 2 aromatic rings. The monoisotopic (exact) mass is 275 g/mol. The van der Waals surface area contributed by atoms with Crippen molar-refractivity contribution in [1.29, 1.82) is 0 Å². The van der Waals surface area contributed by atoms with Crippen molar-refractivity contribution in [3.8, 4) is 0 Å². The normalized spacial score (nSPS) is 10.4. The van der Waals surface area contributed by atoms with E-state index in [9.17, 15) is 4.79 Å². The summed E-state index contributed by atoms with van der Waals surface area (Å²) >= 11 is 1.42. The Morgan fingerprint density at radius 2 is 2.11 bits per heavy atom. The molecule has 0 bridgehead atoms. The minimum absolute atomic E-state index is 0.250. The van der Waals surface area contributed by atoms with E-state index in [0.29, 0.717) is 4.88 Å². The van der Waals surface area contributed by atoms with Crippen molar-refractivity contribution >= 4 is 17.2 Å². The van der Waals surface area contributed by atoms with Crippen LogP contribution in [-0.2, 0) is 12.8 Å². The van der Waals surface area contributed by atoms with Crippen molar-refractivity contribution in [2.45, 2.75) is 26.2 Å². The van der Waals surface area contributed by atoms with Crippen LogP contribution in [0.4, 0.5) is 0 Å². The van der Waals surface area contributed by atoms with Gasteiger partial charge in [0.25, 0.3) is 5.91 Å². The number of rotatable bonds is 5. The molecule has 3 N–H and O–H groups in total. The zero-order valence-electron chi connectivity index (χ0n) is 10.8. The second kappa shape index (κ2) is 6.45. The largest absolute Gasteiger partial charge is 0.289 e. The van der Waals surface area contributed by atoms with Crippen LogP contribution in [0.3, 0.4) is 0 Å². The number of hydrazine groups is 1. The van der Waals surface area contributed by atoms with Gasteiger partial charge in [-0.1, -0.05) is 43.7 Å². The first kappa shape index (κ1) is 13.7. The van der Waals surface area contributed by atoms with Crippen LogP contribution in [0.15, 0.2) is 30.3 Å². The molecular formula is C14H17N3OS. The van der Waals surface area contributed by atoms with E-state index in [4.69, 9.17) is 5.84 Å². The van der Waals surface area contributed by atoms with Crippen molar-refractivity contribution in [2.75, 3.05) is 0 Å². The quantitative estimate of drug-likeness (QED) is 0.500. The number of hydrogen-bond donors (Lipinski definition) is 2. The zero-order chi connectivity index (χ0) is 13.7. The topological polar surface area (TPSA) is 68.0 Å². The number of thiazole rings is 1. The van der Waals surface area contributed by atoms with E-state index in [2.05, 4.69) is 29.5 Å². The van der Waals surface area contributed by atoms with Gasteiger partial charge in [-0.15, -0.1) is 11.3 Å². The lowest BCUT2D eigenvalue weighted by molar-refractivity contribution is 0.0956. The van der Waals surface area contributed by atoms with Gasteiger partial charge in [0.2, 0.25) is 0 Å². The lowest BCUT2D eigenvalue weighted by atomic mass is 10.1. The Morgan fingerprint density at radius 3 is 2.74 bits per heavy atom. The number of carbonyl (C=O) groups is 1. The summed E-state index contributed by atoms with van der Waals surface area (Å²) in [6, 6.07) is 10.1. The molecule has 0 aliphatic rings. The number of nitrogens with zero attached hydrogens (tertiary/aromatic N) is 1. The minimum Gasteiger partial charge on any atom is -0.289 e. The standard InChI is InChI=1S/C14H17N3OS/c1-2-6-11-13(14(18)17-15)19-12(16-11)9-10-7-4-3-5-8-10/h3-5,7-8H,2,6,9,15H2,1H3,(H,17,18). The number of aryl methyl sites for hydroxylation is 1. The first-order valence-electron chi connectivity index (χ1n) is 6.28. The third-order valence-corrected chi connectivity index (χ3v) is 3.86. The second-order valence-corrected chi connectivity index (χ2v) is 5.35. The first-order chi connectivity index (χ1) is 9.24. The van der Waals surface area contributed by atoms with Gasteiger partial charge in [-0.2, -0.15) is 0 Å². The van der Waals surface area contributed by atoms with Crippen LogP contribution >= 0.6 is 11.3 Å². The number of nitrogens with two attached hydrogens (primary N) is 1. The maximum absolute atomic E-state index is 11.7. The maximum atomic E-state index is 11.7. The molecule has 1 aromatic heterocycles. The van der Waals surface area contributed by atoms with E-state index in [0.717, 1.165) is 30.0 Å². The molecule has 1 aromatic carbocycles. The minimum atomic E-state index is -0.250. The number of hydrogen-bond acceptors (Lipinski definition) is 4. The number of amides is 1. The third-order valence-electron chi connectivity index (χ3n) is 2.76. The van der Waals surface area contributed by atoms with E-state index < -0.39 is 0 Å². The number of nitrogens with one attached hydrogen (secondary N) is 1. The van der Waals surface area contributed by atoms with E-state index in [1.54, 1.807) is 0 Å². The molecule has 4 nitrogen and oxygen atoms in total. The molecule has 0 aliphatic heterocycles. The van der Waals surface area contributed by atoms with Crippen LogP contribution in [0.25, 0.3) is 0 Å². The van der Waals surface area contributed by atoms with Crippen LogP contribution in [0, 0.1) is 0 Å². The van der Waals surface area contributed by atoms with Gasteiger partial charge in [0.05, 0.1) is 10.7 Å². The fourth-order valence-electron chi connectivity index (χ4n) is 1.90. The Balaban J connectivity index is 2.24. The van der Waals surface area contributed by atoms with Crippen LogP contribution in [-0.4, -0.2) is 10.9 Å². The Hall–Kier alpha value is -1.72. The third kappa shape index (κ3) is 3.39. The molecule has 1 amide bonds. The molecule has 0 spiro atoms. The summed E-state index contributed by atoms with van der Waals surface area (Å²) in [5.74, 6) is 4.96. The summed E-state index contributed by atoms with van der Waals surface area (Å²) in [6.45, 7) is 2.07. The molecule has 19 heavy (non-hydrogen) atoms. The number of benzene rings is 1. The average molecular weight is 275 g/mol. The van der Waals surface area contributed by atoms with Gasteiger partial charge >= 0.3 is 0 Å². The van der Waals surface area contributed by atoms with Gasteiger partial charge in [-0.25, -0.2) is 10.8 Å². The maximum Gasteiger partial charge on any atom is 0.277 e. The molecular weight excluding hydrogens is 258 g/mol. The van der Waals surface area contributed by atoms with Gasteiger partial charge in [-0.05, 0) is 12.0 Å². The van der Waals surface area contributed by atoms with Crippen molar-refractivity contribution in [1.82, 2.24) is 10.4 Å². The van der Waals surface area contributed by atoms with E-state index in [1.807, 2.05) is 18.2 Å². The van der Waals surface area contributed by atoms with Gasteiger partial charge in [-0.3, -0.25) is 10.2 Å². The average Bonchev–Trinajstić information content (AvgIpc) is 2.82. The fraction of sp³-hybridized carbons (Fsp3) is 0.286. The van der Waals surface area contributed by atoms with E-state index >= 15 is 0 Å². The predicted molar refractivity (Wildman–Crippen MR) is 77.0 cm³/mol. The van der Waals surface area contributed by atoms with Crippen molar-refractivity contribution < 1.29 is 4.79 Å². The Kier molecular flexibility index (Phi) is 4.65. The molecule has 2 rings (SSSR count). The zero-order valence-corrected chi connectivity index (χ0v) is 11.7. The molecule has 0 unspecified atom stereocenters. The molecule has 0 atom stereocenters. The van der Waals surface area contributed by atoms with Gasteiger partial charge in [0.15, 0.2) is 0 Å². The van der Waals surface area contributed by atoms with E-state index in [-0.39, 0.29) is 5.91 Å². The number of nitrogen functional groups attached to an aromatic ring is 1. The highest BCUT2D eigenvalue weighted by Crippen LogP contribution is 2.22. The molecule has 0 fully saturated rings. The van der Waals surface area contributed by atoms with Crippen LogP contribution in [0.5, 0.6) is 0 Å². The highest BCUT2D eigenvalue weighted by atomic mass is 32.1. The first-order valence-corrected chi connectivity index (χ1v) is 7.09. The van der Waals surface area contributed by atoms with Crippen molar-refractivity contribution in [2.24, 2.45) is 5.84 Å². The molecule has 100 valence electrons. The van der Waals surface area contributed by atoms with Gasteiger partial charge < -0.3 is 0 Å². The van der Waals surface area contributed by atoms with Crippen molar-refractivity contribution in [3.05, 3.63) is 51.5 Å². The van der Waals surface area contributed by atoms with Crippen LogP contribution in [0.1, 0.15) is 39.3 Å². The molecule has 1 heterocycles. The summed E-state index contributed by atoms with van der Waals surface area (Å²) in [6.07, 6.45) is 2.51. The molecule has 0 saturated heterocycles. The van der Waals surface area contributed by atoms with Gasteiger partial charge in [0.1, 0.15) is 4.88 Å². The summed E-state index contributed by atoms with van der Waals surface area (Å²) in [4.78, 5) is 16.9. The number of aromatic nitrogens is 1. The highest BCUT2D eigenvalue weighted by molar-refractivity contribution is 7.13. The lowest BCUT2D eigenvalue weighted by Gasteiger charge is -1.97. The number of carbonyl (C=O) groups excluding carboxylic acids is 1. The highest BCUT2D eigenvalue weighted by Gasteiger charge is 2.16. The van der Waals surface area contributed by atoms with Crippen molar-refractivity contribution in [3.63, 3.8) is 0 Å². The van der Waals surface area contributed by atoms with Gasteiger partial charge in [0, 0.05) is 6.42 Å². The molecule has 0 radical (unpaired) electrons. The van der Waals surface area contributed by atoms with E-state index in [1.165, 1.54) is 16.9 Å². The summed E-state index contributed by atoms with van der Waals surface area (Å²) in [5, 5.41) is 0.952. The van der Waals surface area contributed by atoms with Crippen LogP contribution in [0.2, 0.25) is 0 Å². The molecule has 5 heteroatoms. The Labute approximate surface area is 116 Å². The molecule has 0 saturated carbocycles. The summed E-state index contributed by atoms with van der Waals surface area (Å²) in [5.41, 5.74) is 4.23. The predicted octanol–water partition coefficient (Wildman–Crippen LogP) is 2.29. The Bertz CT molecular complexity index is 551. The molecule has 0 aliphatic carbocycles. The summed E-state index contributed by atoms with van der Waals surface area (Å²) < 4.78 is 0. The Morgan fingerprint density at radius 1 is 1.37 bits per heavy atom. The lowest BCUT2D eigenvalue weighted by Crippen LogP contribution is -2.30. The summed E-state index contributed by atoms with van der Waals surface area (Å²) in [7, 11) is 0. The smallest absolute Gasteiger partial charge is 0.277 e. The van der Waals surface area contributed by atoms with Crippen LogP contribution < -0.4 is 11.3 Å².